The van der Waals surface area contributed by atoms with Crippen molar-refractivity contribution < 1.29 is 24.5 Å². The summed E-state index contributed by atoms with van der Waals surface area (Å²) in [4.78, 5) is 12.5. The van der Waals surface area contributed by atoms with E-state index in [4.69, 9.17) is 15.6 Å². The summed E-state index contributed by atoms with van der Waals surface area (Å²) in [6, 6.07) is 11.2. The molecular formula is C14H12N2O5S. The summed E-state index contributed by atoms with van der Waals surface area (Å²) in [5, 5.41) is 31.4. The van der Waals surface area contributed by atoms with E-state index in [1.54, 1.807) is 35.2 Å². The zero-order valence-electron chi connectivity index (χ0n) is 11.5. The van der Waals surface area contributed by atoms with Crippen molar-refractivity contribution in [1.29, 1.82) is 5.26 Å². The zero-order chi connectivity index (χ0) is 16.4. The van der Waals surface area contributed by atoms with Gasteiger partial charge in [-0.2, -0.15) is 5.26 Å². The van der Waals surface area contributed by atoms with Crippen molar-refractivity contribution in [1.82, 2.24) is 0 Å². The second-order valence-corrected chi connectivity index (χ2v) is 4.26. The molecule has 0 atom stereocenters. The molecule has 1 rings (SSSR count). The van der Waals surface area contributed by atoms with E-state index in [2.05, 4.69) is 20.7 Å². The van der Waals surface area contributed by atoms with E-state index < -0.39 is 5.97 Å². The van der Waals surface area contributed by atoms with Crippen LogP contribution in [0.5, 0.6) is 0 Å². The third kappa shape index (κ3) is 5.48. The largest absolute Gasteiger partial charge is 0.477 e. The highest BCUT2D eigenvalue weighted by atomic mass is 32.2. The molecule has 0 aliphatic rings. The lowest BCUT2D eigenvalue weighted by Crippen LogP contribution is -2.15. The predicted molar refractivity (Wildman–Crippen MR) is 80.9 cm³/mol. The van der Waals surface area contributed by atoms with Crippen LogP contribution >= 0.6 is 12.0 Å². The van der Waals surface area contributed by atoms with Gasteiger partial charge in [-0.25, -0.2) is 10.1 Å². The average molecular weight is 320 g/mol. The first-order valence-electron chi connectivity index (χ1n) is 5.99. The molecule has 0 saturated carbocycles. The summed E-state index contributed by atoms with van der Waals surface area (Å²) >= 11 is 0.624. The van der Waals surface area contributed by atoms with E-state index >= 15 is 0 Å². The van der Waals surface area contributed by atoms with Crippen LogP contribution in [0.1, 0.15) is 12.5 Å². The van der Waals surface area contributed by atoms with Gasteiger partial charge in [0.05, 0.1) is 0 Å². The van der Waals surface area contributed by atoms with E-state index in [9.17, 15) is 4.79 Å². The third-order valence-corrected chi connectivity index (χ3v) is 2.77. The fourth-order valence-electron chi connectivity index (χ4n) is 1.49. The molecule has 0 saturated heterocycles. The minimum absolute atomic E-state index is 0.336. The first-order chi connectivity index (χ1) is 10.6. The van der Waals surface area contributed by atoms with E-state index in [0.717, 1.165) is 5.69 Å². The van der Waals surface area contributed by atoms with Crippen molar-refractivity contribution in [3.8, 4) is 17.4 Å². The SMILES string of the molecule is CCN(C#CSOOO)c1ccc(C=C(C#N)C(=O)O)cc1. The summed E-state index contributed by atoms with van der Waals surface area (Å²) in [5.41, 5.74) is 1.04. The molecule has 0 fully saturated rings. The van der Waals surface area contributed by atoms with E-state index in [1.807, 2.05) is 6.92 Å². The minimum Gasteiger partial charge on any atom is -0.477 e. The molecule has 114 valence electrons. The van der Waals surface area contributed by atoms with Crippen LogP contribution in [0.4, 0.5) is 5.69 Å². The molecule has 0 aliphatic carbocycles. The summed E-state index contributed by atoms with van der Waals surface area (Å²) in [7, 11) is 0. The Hall–Kier alpha value is -2.49. The first kappa shape index (κ1) is 17.6. The summed E-state index contributed by atoms with van der Waals surface area (Å²) < 4.78 is 4.14. The number of hydrogen-bond donors (Lipinski definition) is 2. The van der Waals surface area contributed by atoms with Crippen LogP contribution in [0.15, 0.2) is 29.8 Å². The van der Waals surface area contributed by atoms with E-state index in [-0.39, 0.29) is 5.57 Å². The summed E-state index contributed by atoms with van der Waals surface area (Å²) in [5.74, 6) is -1.27. The molecule has 0 spiro atoms. The zero-order valence-corrected chi connectivity index (χ0v) is 12.3. The molecule has 8 heteroatoms. The van der Waals surface area contributed by atoms with Crippen LogP contribution in [0, 0.1) is 22.6 Å². The van der Waals surface area contributed by atoms with Crippen molar-refractivity contribution >= 4 is 29.8 Å². The van der Waals surface area contributed by atoms with Crippen molar-refractivity contribution in [2.45, 2.75) is 6.92 Å². The Morgan fingerprint density at radius 1 is 1.45 bits per heavy atom. The Labute approximate surface area is 131 Å². The van der Waals surface area contributed by atoms with Gasteiger partial charge in [0.15, 0.2) is 0 Å². The van der Waals surface area contributed by atoms with Gasteiger partial charge >= 0.3 is 5.97 Å². The van der Waals surface area contributed by atoms with Crippen molar-refractivity contribution in [2.75, 3.05) is 11.4 Å². The molecule has 22 heavy (non-hydrogen) atoms. The second kappa shape index (κ2) is 9.45. The van der Waals surface area contributed by atoms with Crippen LogP contribution in [0.2, 0.25) is 0 Å². The van der Waals surface area contributed by atoms with Crippen LogP contribution in [0.3, 0.4) is 0 Å². The number of rotatable bonds is 6. The Morgan fingerprint density at radius 3 is 2.64 bits per heavy atom. The van der Waals surface area contributed by atoms with Gasteiger partial charge in [-0.15, -0.1) is 4.33 Å². The smallest absolute Gasteiger partial charge is 0.346 e. The normalized spacial score (nSPS) is 10.3. The lowest BCUT2D eigenvalue weighted by atomic mass is 10.1. The van der Waals surface area contributed by atoms with Crippen molar-refractivity contribution in [3.63, 3.8) is 0 Å². The molecule has 0 radical (unpaired) electrons. The Bertz CT molecular complexity index is 640. The number of carbonyl (C=O) groups is 1. The second-order valence-electron chi connectivity index (χ2n) is 3.75. The average Bonchev–Trinajstić information content (AvgIpc) is 2.53. The highest BCUT2D eigenvalue weighted by molar-refractivity contribution is 7.99. The van der Waals surface area contributed by atoms with Gasteiger partial charge in [0.25, 0.3) is 0 Å². The Kier molecular flexibility index (Phi) is 7.54. The molecule has 7 nitrogen and oxygen atoms in total. The number of hydrogen-bond acceptors (Lipinski definition) is 7. The molecule has 0 bridgehead atoms. The van der Waals surface area contributed by atoms with Crippen LogP contribution in [-0.2, 0) is 14.2 Å². The van der Waals surface area contributed by atoms with Gasteiger partial charge in [-0.1, -0.05) is 17.2 Å². The van der Waals surface area contributed by atoms with Gasteiger partial charge in [-0.05, 0) is 30.7 Å². The minimum atomic E-state index is -1.27. The maximum atomic E-state index is 10.8. The number of benzene rings is 1. The lowest BCUT2D eigenvalue weighted by molar-refractivity contribution is -0.431. The van der Waals surface area contributed by atoms with E-state index in [1.165, 1.54) is 6.08 Å². The third-order valence-electron chi connectivity index (χ3n) is 2.47. The molecule has 0 aromatic heterocycles. The molecule has 0 amide bonds. The van der Waals surface area contributed by atoms with Crippen molar-refractivity contribution in [2.24, 2.45) is 0 Å². The molecular weight excluding hydrogens is 308 g/mol. The lowest BCUT2D eigenvalue weighted by Gasteiger charge is -2.14. The van der Waals surface area contributed by atoms with Crippen LogP contribution in [0.25, 0.3) is 6.08 Å². The molecule has 1 aromatic carbocycles. The molecule has 0 heterocycles. The number of nitrogens with zero attached hydrogens (tertiary/aromatic N) is 2. The number of carboxylic acids is 1. The number of anilines is 1. The van der Waals surface area contributed by atoms with Gasteiger partial charge < -0.3 is 10.0 Å². The quantitative estimate of drug-likeness (QED) is 0.120. The molecule has 0 unspecified atom stereocenters. The van der Waals surface area contributed by atoms with Gasteiger partial charge in [-0.3, -0.25) is 0 Å². The van der Waals surface area contributed by atoms with Crippen LogP contribution in [-0.4, -0.2) is 22.9 Å². The standard InChI is InChI=1S/C14H12N2O5S/c1-2-16(7-8-22-21-20-19)13-5-3-11(4-6-13)9-12(10-15)14(17)18/h3-6,9,19H,2H2,1H3,(H,17,18). The van der Waals surface area contributed by atoms with Gasteiger partial charge in [0.1, 0.15) is 23.7 Å². The van der Waals surface area contributed by atoms with E-state index in [0.29, 0.717) is 24.2 Å². The van der Waals surface area contributed by atoms with Crippen LogP contribution < -0.4 is 4.90 Å². The van der Waals surface area contributed by atoms with Gasteiger partial charge in [0.2, 0.25) is 0 Å². The molecule has 2 N–H and O–H groups in total. The number of aliphatic carboxylic acids is 1. The highest BCUT2D eigenvalue weighted by Crippen LogP contribution is 2.16. The fourth-order valence-corrected chi connectivity index (χ4v) is 1.70. The predicted octanol–water partition coefficient (Wildman–Crippen LogP) is 2.49. The molecule has 1 aromatic rings. The molecule has 0 aliphatic heterocycles. The number of carboxylic acid groups (broad SMARTS) is 1. The fraction of sp³-hybridized carbons (Fsp3) is 0.143. The maximum absolute atomic E-state index is 10.8. The highest BCUT2D eigenvalue weighted by Gasteiger charge is 2.06. The maximum Gasteiger partial charge on any atom is 0.346 e. The topological polar surface area (TPSA) is 103 Å². The van der Waals surface area contributed by atoms with Crippen molar-refractivity contribution in [3.05, 3.63) is 35.4 Å². The summed E-state index contributed by atoms with van der Waals surface area (Å²) in [6.45, 7) is 2.50. The Morgan fingerprint density at radius 2 is 2.14 bits per heavy atom. The monoisotopic (exact) mass is 320 g/mol. The first-order valence-corrected chi connectivity index (χ1v) is 6.73. The summed E-state index contributed by atoms with van der Waals surface area (Å²) in [6.07, 6.45) is 1.29. The Balaban J connectivity index is 2.88. The number of nitriles is 1. The van der Waals surface area contributed by atoms with Gasteiger partial charge in [0, 0.05) is 23.5 Å².